The Kier molecular flexibility index (Phi) is 6.10. The van der Waals surface area contributed by atoms with E-state index in [1.165, 1.54) is 10.4 Å². The standard InChI is InChI=1S/C21H22ClN3O4S/c1-28-21-8-3-2-7-19(21)20-14-17(29-23-20)15-24-9-11-25(12-10-24)30(26,27)18-6-4-5-16(22)13-18/h2-8,13-14H,9-12,15H2,1H3. The van der Waals surface area contributed by atoms with Gasteiger partial charge in [-0.2, -0.15) is 4.31 Å². The topological polar surface area (TPSA) is 75.9 Å². The van der Waals surface area contributed by atoms with E-state index < -0.39 is 10.0 Å². The van der Waals surface area contributed by atoms with E-state index in [-0.39, 0.29) is 4.90 Å². The minimum absolute atomic E-state index is 0.222. The van der Waals surface area contributed by atoms with Crippen molar-refractivity contribution in [3.05, 3.63) is 65.4 Å². The van der Waals surface area contributed by atoms with Crippen LogP contribution in [0.4, 0.5) is 0 Å². The first-order chi connectivity index (χ1) is 14.5. The van der Waals surface area contributed by atoms with Crippen LogP contribution < -0.4 is 4.74 Å². The van der Waals surface area contributed by atoms with Crippen LogP contribution in [0.15, 0.2) is 64.0 Å². The highest BCUT2D eigenvalue weighted by molar-refractivity contribution is 7.89. The van der Waals surface area contributed by atoms with Gasteiger partial charge in [0.05, 0.1) is 18.6 Å². The highest BCUT2D eigenvalue weighted by Crippen LogP contribution is 2.29. The molecule has 0 N–H and O–H groups in total. The number of para-hydroxylation sites is 1. The molecular formula is C21H22ClN3O4S. The lowest BCUT2D eigenvalue weighted by Crippen LogP contribution is -2.48. The lowest BCUT2D eigenvalue weighted by molar-refractivity contribution is 0.166. The van der Waals surface area contributed by atoms with E-state index in [0.29, 0.717) is 43.4 Å². The molecule has 0 saturated carbocycles. The molecule has 1 aromatic heterocycles. The predicted molar refractivity (Wildman–Crippen MR) is 114 cm³/mol. The van der Waals surface area contributed by atoms with E-state index >= 15 is 0 Å². The van der Waals surface area contributed by atoms with Crippen molar-refractivity contribution in [1.82, 2.24) is 14.4 Å². The van der Waals surface area contributed by atoms with Gasteiger partial charge in [0.25, 0.3) is 0 Å². The number of aromatic nitrogens is 1. The Morgan fingerprint density at radius 1 is 1.07 bits per heavy atom. The second-order valence-electron chi connectivity index (χ2n) is 7.02. The van der Waals surface area contributed by atoms with Gasteiger partial charge in [-0.15, -0.1) is 0 Å². The zero-order valence-electron chi connectivity index (χ0n) is 16.5. The van der Waals surface area contributed by atoms with Crippen molar-refractivity contribution in [1.29, 1.82) is 0 Å². The SMILES string of the molecule is COc1ccccc1-c1cc(CN2CCN(S(=O)(=O)c3cccc(Cl)c3)CC2)on1. The van der Waals surface area contributed by atoms with Crippen molar-refractivity contribution in [2.24, 2.45) is 0 Å². The maximum atomic E-state index is 12.8. The van der Waals surface area contributed by atoms with Crippen molar-refractivity contribution in [3.8, 4) is 17.0 Å². The van der Waals surface area contributed by atoms with E-state index in [9.17, 15) is 8.42 Å². The summed E-state index contributed by atoms with van der Waals surface area (Å²) < 4.78 is 38.1. The molecule has 9 heteroatoms. The number of benzene rings is 2. The van der Waals surface area contributed by atoms with E-state index in [1.807, 2.05) is 30.3 Å². The van der Waals surface area contributed by atoms with Gasteiger partial charge in [0.1, 0.15) is 11.4 Å². The second-order valence-corrected chi connectivity index (χ2v) is 9.39. The summed E-state index contributed by atoms with van der Waals surface area (Å²) in [7, 11) is -1.93. The molecule has 2 aromatic carbocycles. The molecule has 7 nitrogen and oxygen atoms in total. The lowest BCUT2D eigenvalue weighted by Gasteiger charge is -2.33. The quantitative estimate of drug-likeness (QED) is 0.575. The first-order valence-electron chi connectivity index (χ1n) is 9.54. The maximum absolute atomic E-state index is 12.8. The number of piperazine rings is 1. The van der Waals surface area contributed by atoms with Crippen LogP contribution in [0, 0.1) is 0 Å². The number of hydrogen-bond donors (Lipinski definition) is 0. The van der Waals surface area contributed by atoms with Crippen molar-refractivity contribution in [3.63, 3.8) is 0 Å². The zero-order valence-corrected chi connectivity index (χ0v) is 18.1. The first kappa shape index (κ1) is 20.9. The van der Waals surface area contributed by atoms with E-state index in [4.69, 9.17) is 20.9 Å². The largest absolute Gasteiger partial charge is 0.496 e. The van der Waals surface area contributed by atoms with Crippen LogP contribution in [0.3, 0.4) is 0 Å². The zero-order chi connectivity index (χ0) is 21.1. The summed E-state index contributed by atoms with van der Waals surface area (Å²) in [5.41, 5.74) is 1.58. The van der Waals surface area contributed by atoms with Crippen LogP contribution >= 0.6 is 11.6 Å². The van der Waals surface area contributed by atoms with Gasteiger partial charge in [-0.25, -0.2) is 8.42 Å². The van der Waals surface area contributed by atoms with E-state index in [0.717, 1.165) is 17.1 Å². The monoisotopic (exact) mass is 447 g/mol. The molecule has 0 unspecified atom stereocenters. The van der Waals surface area contributed by atoms with Crippen molar-refractivity contribution < 1.29 is 17.7 Å². The molecule has 1 aliphatic heterocycles. The molecule has 0 radical (unpaired) electrons. The molecule has 1 aliphatic rings. The van der Waals surface area contributed by atoms with Crippen molar-refractivity contribution >= 4 is 21.6 Å². The number of rotatable bonds is 6. The minimum Gasteiger partial charge on any atom is -0.496 e. The van der Waals surface area contributed by atoms with Crippen molar-refractivity contribution in [2.75, 3.05) is 33.3 Å². The van der Waals surface area contributed by atoms with Gasteiger partial charge in [-0.3, -0.25) is 4.90 Å². The van der Waals surface area contributed by atoms with Crippen LogP contribution in [-0.4, -0.2) is 56.1 Å². The fraction of sp³-hybridized carbons (Fsp3) is 0.286. The normalized spacial score (nSPS) is 15.9. The average Bonchev–Trinajstić information content (AvgIpc) is 3.22. The number of ether oxygens (including phenoxy) is 1. The Morgan fingerprint density at radius 2 is 1.83 bits per heavy atom. The van der Waals surface area contributed by atoms with Gasteiger partial charge < -0.3 is 9.26 Å². The molecule has 1 fully saturated rings. The average molecular weight is 448 g/mol. The van der Waals surface area contributed by atoms with Crippen LogP contribution in [0.5, 0.6) is 5.75 Å². The molecule has 3 aromatic rings. The summed E-state index contributed by atoms with van der Waals surface area (Å²) >= 11 is 5.95. The Morgan fingerprint density at radius 3 is 2.57 bits per heavy atom. The first-order valence-corrected chi connectivity index (χ1v) is 11.4. The van der Waals surface area contributed by atoms with Gasteiger partial charge in [-0.05, 0) is 30.3 Å². The fourth-order valence-electron chi connectivity index (χ4n) is 3.50. The summed E-state index contributed by atoms with van der Waals surface area (Å²) in [5, 5.41) is 4.57. The molecule has 0 atom stereocenters. The van der Waals surface area contributed by atoms with Gasteiger partial charge >= 0.3 is 0 Å². The Labute approximate surface area is 180 Å². The molecule has 0 bridgehead atoms. The third-order valence-corrected chi connectivity index (χ3v) is 7.22. The number of methoxy groups -OCH3 is 1. The molecule has 0 spiro atoms. The molecule has 158 valence electrons. The molecule has 1 saturated heterocycles. The van der Waals surface area contributed by atoms with Crippen LogP contribution in [0.2, 0.25) is 5.02 Å². The van der Waals surface area contributed by atoms with Crippen molar-refractivity contribution in [2.45, 2.75) is 11.4 Å². The van der Waals surface area contributed by atoms with Gasteiger partial charge in [0, 0.05) is 42.8 Å². The van der Waals surface area contributed by atoms with Crippen LogP contribution in [0.25, 0.3) is 11.3 Å². The fourth-order valence-corrected chi connectivity index (χ4v) is 5.22. The Hall–Kier alpha value is -2.39. The number of hydrogen-bond acceptors (Lipinski definition) is 6. The molecule has 4 rings (SSSR count). The number of nitrogens with zero attached hydrogens (tertiary/aromatic N) is 3. The summed E-state index contributed by atoms with van der Waals surface area (Å²) in [4.78, 5) is 2.37. The lowest BCUT2D eigenvalue weighted by atomic mass is 10.1. The highest BCUT2D eigenvalue weighted by Gasteiger charge is 2.29. The summed E-state index contributed by atoms with van der Waals surface area (Å²) in [6, 6.07) is 15.9. The third-order valence-electron chi connectivity index (χ3n) is 5.09. The van der Waals surface area contributed by atoms with Gasteiger partial charge in [0.2, 0.25) is 10.0 Å². The Bertz CT molecular complexity index is 1120. The minimum atomic E-state index is -3.55. The second kappa shape index (κ2) is 8.77. The Balaban J connectivity index is 1.39. The summed E-state index contributed by atoms with van der Waals surface area (Å²) in [6.07, 6.45) is 0. The highest BCUT2D eigenvalue weighted by atomic mass is 35.5. The molecule has 2 heterocycles. The molecule has 0 aliphatic carbocycles. The van der Waals surface area contributed by atoms with E-state index in [1.54, 1.807) is 25.3 Å². The molecule has 30 heavy (non-hydrogen) atoms. The maximum Gasteiger partial charge on any atom is 0.243 e. The van der Waals surface area contributed by atoms with Gasteiger partial charge in [0.15, 0.2) is 5.76 Å². The van der Waals surface area contributed by atoms with E-state index in [2.05, 4.69) is 10.1 Å². The third kappa shape index (κ3) is 4.37. The van der Waals surface area contributed by atoms with Crippen LogP contribution in [-0.2, 0) is 16.6 Å². The van der Waals surface area contributed by atoms with Crippen LogP contribution in [0.1, 0.15) is 5.76 Å². The summed E-state index contributed by atoms with van der Waals surface area (Å²) in [6.45, 7) is 2.58. The summed E-state index contributed by atoms with van der Waals surface area (Å²) in [5.74, 6) is 1.46. The van der Waals surface area contributed by atoms with Gasteiger partial charge in [-0.1, -0.05) is 35.0 Å². The number of sulfonamides is 1. The smallest absolute Gasteiger partial charge is 0.243 e. The number of halogens is 1. The molecule has 0 amide bonds. The predicted octanol–water partition coefficient (Wildman–Crippen LogP) is 3.51. The molecular weight excluding hydrogens is 426 g/mol.